The molecule has 114 valence electrons. The number of nitrogens with one attached hydrogen (secondary N) is 3. The topological polar surface area (TPSA) is 104 Å². The van der Waals surface area contributed by atoms with Crippen molar-refractivity contribution in [1.29, 1.82) is 5.41 Å². The second-order valence-electron chi connectivity index (χ2n) is 4.46. The van der Waals surface area contributed by atoms with Gasteiger partial charge in [0, 0.05) is 30.7 Å². The van der Waals surface area contributed by atoms with Crippen molar-refractivity contribution in [2.45, 2.75) is 20.4 Å². The number of aromatic nitrogens is 1. The summed E-state index contributed by atoms with van der Waals surface area (Å²) in [6.07, 6.45) is 1.46. The first-order chi connectivity index (χ1) is 9.97. The number of hydrogen-bond acceptors (Lipinski definition) is 5. The quantitative estimate of drug-likeness (QED) is 0.439. The van der Waals surface area contributed by atoms with Crippen LogP contribution < -0.4 is 16.4 Å². The number of hydrogen-bond donors (Lipinski definition) is 4. The molecule has 6 nitrogen and oxygen atoms in total. The molecule has 0 saturated carbocycles. The predicted molar refractivity (Wildman–Crippen MR) is 79.2 cm³/mol. The summed E-state index contributed by atoms with van der Waals surface area (Å²) < 4.78 is 13.4. The van der Waals surface area contributed by atoms with Crippen molar-refractivity contribution < 1.29 is 9.18 Å². The highest BCUT2D eigenvalue weighted by atomic mass is 19.1. The van der Waals surface area contributed by atoms with Crippen molar-refractivity contribution in [3.8, 4) is 0 Å². The highest BCUT2D eigenvalue weighted by molar-refractivity contribution is 6.20. The molecule has 1 aromatic heterocycles. The Kier molecular flexibility index (Phi) is 6.48. The Morgan fingerprint density at radius 2 is 2.14 bits per heavy atom. The lowest BCUT2D eigenvalue weighted by atomic mass is 10.1. The first-order valence-electron chi connectivity index (χ1n) is 6.55. The summed E-state index contributed by atoms with van der Waals surface area (Å²) in [6.45, 7) is 4.10. The van der Waals surface area contributed by atoms with Gasteiger partial charge in [0.1, 0.15) is 5.82 Å². The predicted octanol–water partition coefficient (Wildman–Crippen LogP) is 0.699. The Balaban J connectivity index is 2.79. The minimum absolute atomic E-state index is 0.0353. The van der Waals surface area contributed by atoms with Gasteiger partial charge < -0.3 is 21.8 Å². The SMILES string of the molecule is CC(=N)/C(C(=O)NCc1ncccc1F)=C(/C)NCCN. The van der Waals surface area contributed by atoms with Crippen LogP contribution in [-0.2, 0) is 11.3 Å². The number of carbonyl (C=O) groups excluding carboxylic acids is 1. The molecule has 0 fully saturated rings. The van der Waals surface area contributed by atoms with E-state index < -0.39 is 11.7 Å². The summed E-state index contributed by atoms with van der Waals surface area (Å²) in [7, 11) is 0. The number of allylic oxidation sites excluding steroid dienone is 1. The van der Waals surface area contributed by atoms with Gasteiger partial charge in [-0.3, -0.25) is 9.78 Å². The molecule has 5 N–H and O–H groups in total. The average Bonchev–Trinajstić information content (AvgIpc) is 2.44. The summed E-state index contributed by atoms with van der Waals surface area (Å²) in [4.78, 5) is 16.0. The van der Waals surface area contributed by atoms with Crippen LogP contribution in [0.3, 0.4) is 0 Å². The van der Waals surface area contributed by atoms with Crippen LogP contribution in [0.2, 0.25) is 0 Å². The Bertz CT molecular complexity index is 556. The van der Waals surface area contributed by atoms with Gasteiger partial charge >= 0.3 is 0 Å². The molecule has 0 aliphatic heterocycles. The molecule has 1 amide bonds. The van der Waals surface area contributed by atoms with Gasteiger partial charge in [0.25, 0.3) is 5.91 Å². The molecule has 0 radical (unpaired) electrons. The summed E-state index contributed by atoms with van der Waals surface area (Å²) >= 11 is 0. The smallest absolute Gasteiger partial charge is 0.255 e. The lowest BCUT2D eigenvalue weighted by molar-refractivity contribution is -0.117. The van der Waals surface area contributed by atoms with Crippen LogP contribution in [0.5, 0.6) is 0 Å². The molecule has 21 heavy (non-hydrogen) atoms. The number of nitrogens with two attached hydrogens (primary N) is 1. The van der Waals surface area contributed by atoms with Crippen LogP contribution in [0.1, 0.15) is 19.5 Å². The zero-order chi connectivity index (χ0) is 15.8. The Labute approximate surface area is 123 Å². The maximum absolute atomic E-state index is 13.4. The van der Waals surface area contributed by atoms with E-state index in [9.17, 15) is 9.18 Å². The molecule has 1 aromatic rings. The van der Waals surface area contributed by atoms with Gasteiger partial charge in [-0.05, 0) is 26.0 Å². The van der Waals surface area contributed by atoms with Gasteiger partial charge in [-0.25, -0.2) is 4.39 Å². The standard InChI is InChI=1S/C14H20FN5O/c1-9(17)13(10(2)18-7-5-16)14(21)20-8-12-11(15)4-3-6-19-12/h3-4,6,17-18H,5,7-8,16H2,1-2H3,(H,20,21)/b13-10+,17-9?. The lowest BCUT2D eigenvalue weighted by Crippen LogP contribution is -2.32. The van der Waals surface area contributed by atoms with E-state index >= 15 is 0 Å². The second kappa shape index (κ2) is 8.11. The molecule has 0 aromatic carbocycles. The molecular weight excluding hydrogens is 273 g/mol. The minimum atomic E-state index is -0.479. The Hall–Kier alpha value is -2.28. The van der Waals surface area contributed by atoms with Crippen molar-refractivity contribution in [1.82, 2.24) is 15.6 Å². The summed E-state index contributed by atoms with van der Waals surface area (Å²) in [5.41, 5.74) is 6.45. The van der Waals surface area contributed by atoms with E-state index in [1.165, 1.54) is 25.3 Å². The molecule has 1 rings (SSSR count). The van der Waals surface area contributed by atoms with Gasteiger partial charge in [0.05, 0.1) is 17.8 Å². The lowest BCUT2D eigenvalue weighted by Gasteiger charge is -2.13. The van der Waals surface area contributed by atoms with Crippen molar-refractivity contribution in [3.63, 3.8) is 0 Å². The number of pyridine rings is 1. The van der Waals surface area contributed by atoms with Gasteiger partial charge in [-0.2, -0.15) is 0 Å². The molecule has 0 spiro atoms. The second-order valence-corrected chi connectivity index (χ2v) is 4.46. The fourth-order valence-electron chi connectivity index (χ4n) is 1.77. The zero-order valence-corrected chi connectivity index (χ0v) is 12.2. The van der Waals surface area contributed by atoms with Crippen LogP contribution >= 0.6 is 0 Å². The fourth-order valence-corrected chi connectivity index (χ4v) is 1.77. The highest BCUT2D eigenvalue weighted by Gasteiger charge is 2.15. The van der Waals surface area contributed by atoms with Gasteiger partial charge in [0.15, 0.2) is 0 Å². The summed E-state index contributed by atoms with van der Waals surface area (Å²) in [5, 5.41) is 13.2. The van der Waals surface area contributed by atoms with E-state index in [0.29, 0.717) is 18.8 Å². The largest absolute Gasteiger partial charge is 0.387 e. The van der Waals surface area contributed by atoms with Crippen molar-refractivity contribution in [2.75, 3.05) is 13.1 Å². The monoisotopic (exact) mass is 293 g/mol. The van der Waals surface area contributed by atoms with Crippen LogP contribution in [-0.4, -0.2) is 29.7 Å². The molecular formula is C14H20FN5O. The average molecular weight is 293 g/mol. The van der Waals surface area contributed by atoms with Crippen LogP contribution in [0.15, 0.2) is 29.6 Å². The van der Waals surface area contributed by atoms with E-state index in [4.69, 9.17) is 11.1 Å². The molecule has 1 heterocycles. The number of amides is 1. The molecule has 0 saturated heterocycles. The third-order valence-electron chi connectivity index (χ3n) is 2.76. The summed E-state index contributed by atoms with van der Waals surface area (Å²) in [6, 6.07) is 2.76. The van der Waals surface area contributed by atoms with Crippen LogP contribution in [0.4, 0.5) is 4.39 Å². The molecule has 7 heteroatoms. The van der Waals surface area contributed by atoms with Crippen molar-refractivity contribution >= 4 is 11.6 Å². The Morgan fingerprint density at radius 3 is 2.71 bits per heavy atom. The van der Waals surface area contributed by atoms with Crippen LogP contribution in [0, 0.1) is 11.2 Å². The van der Waals surface area contributed by atoms with Crippen molar-refractivity contribution in [2.24, 2.45) is 5.73 Å². The van der Waals surface area contributed by atoms with E-state index in [2.05, 4.69) is 15.6 Å². The van der Waals surface area contributed by atoms with Crippen LogP contribution in [0.25, 0.3) is 0 Å². The van der Waals surface area contributed by atoms with Gasteiger partial charge in [-0.1, -0.05) is 0 Å². The van der Waals surface area contributed by atoms with Crippen molar-refractivity contribution in [3.05, 3.63) is 41.1 Å². The maximum atomic E-state index is 13.4. The summed E-state index contributed by atoms with van der Waals surface area (Å²) in [5.74, 6) is -0.928. The molecule has 0 aliphatic carbocycles. The number of rotatable bonds is 7. The maximum Gasteiger partial charge on any atom is 0.255 e. The van der Waals surface area contributed by atoms with E-state index in [1.54, 1.807) is 6.92 Å². The molecule has 0 bridgehead atoms. The highest BCUT2D eigenvalue weighted by Crippen LogP contribution is 2.06. The minimum Gasteiger partial charge on any atom is -0.387 e. The number of carbonyl (C=O) groups is 1. The van der Waals surface area contributed by atoms with E-state index in [0.717, 1.165) is 0 Å². The Morgan fingerprint density at radius 1 is 1.43 bits per heavy atom. The third-order valence-corrected chi connectivity index (χ3v) is 2.76. The third kappa shape index (κ3) is 4.96. The zero-order valence-electron chi connectivity index (χ0n) is 12.2. The number of nitrogens with zero attached hydrogens (tertiary/aromatic N) is 1. The normalized spacial score (nSPS) is 11.6. The number of halogens is 1. The fraction of sp³-hybridized carbons (Fsp3) is 0.357. The molecule has 0 aliphatic rings. The first-order valence-corrected chi connectivity index (χ1v) is 6.55. The first kappa shape index (κ1) is 16.8. The molecule has 0 atom stereocenters. The van der Waals surface area contributed by atoms with E-state index in [1.807, 2.05) is 0 Å². The molecule has 0 unspecified atom stereocenters. The van der Waals surface area contributed by atoms with Gasteiger partial charge in [0.2, 0.25) is 0 Å². The van der Waals surface area contributed by atoms with Gasteiger partial charge in [-0.15, -0.1) is 0 Å². The van der Waals surface area contributed by atoms with E-state index in [-0.39, 0.29) is 23.5 Å².